The number of rotatable bonds is 5. The van der Waals surface area contributed by atoms with Crippen molar-refractivity contribution in [2.45, 2.75) is 45.1 Å². The van der Waals surface area contributed by atoms with Crippen LogP contribution in [-0.4, -0.2) is 29.8 Å². The molecule has 1 heterocycles. The zero-order chi connectivity index (χ0) is 21.3. The minimum absolute atomic E-state index is 0.0246. The molecule has 4 rings (SSSR count). The number of benzene rings is 2. The maximum absolute atomic E-state index is 13.8. The maximum Gasteiger partial charge on any atom is 0.225 e. The molecule has 2 fully saturated rings. The lowest BCUT2D eigenvalue weighted by Gasteiger charge is -2.38. The third-order valence-corrected chi connectivity index (χ3v) is 6.37. The third-order valence-electron chi connectivity index (χ3n) is 6.37. The van der Waals surface area contributed by atoms with E-state index in [1.54, 1.807) is 13.0 Å². The number of hydrogen-bond donors (Lipinski definition) is 1. The topological polar surface area (TPSA) is 49.4 Å². The van der Waals surface area contributed by atoms with Gasteiger partial charge >= 0.3 is 0 Å². The Kier molecular flexibility index (Phi) is 5.89. The first-order valence-electron chi connectivity index (χ1n) is 10.8. The number of likely N-dealkylation sites (tertiary alicyclic amines) is 1. The van der Waals surface area contributed by atoms with Gasteiger partial charge in [-0.3, -0.25) is 9.59 Å². The molecule has 0 radical (unpaired) electrons. The first-order valence-corrected chi connectivity index (χ1v) is 10.8. The molecule has 5 heteroatoms. The lowest BCUT2D eigenvalue weighted by molar-refractivity contribution is -0.137. The molecule has 1 saturated carbocycles. The summed E-state index contributed by atoms with van der Waals surface area (Å²) in [4.78, 5) is 27.8. The highest BCUT2D eigenvalue weighted by molar-refractivity contribution is 5.84. The Morgan fingerprint density at radius 3 is 2.47 bits per heavy atom. The second kappa shape index (κ2) is 8.58. The van der Waals surface area contributed by atoms with Gasteiger partial charge < -0.3 is 10.2 Å². The molecule has 158 valence electrons. The number of nitrogens with one attached hydrogen (secondary N) is 1. The molecule has 1 aliphatic heterocycles. The van der Waals surface area contributed by atoms with Crippen LogP contribution in [0.4, 0.5) is 4.39 Å². The fourth-order valence-corrected chi connectivity index (χ4v) is 4.38. The van der Waals surface area contributed by atoms with Gasteiger partial charge in [-0.25, -0.2) is 4.39 Å². The van der Waals surface area contributed by atoms with Gasteiger partial charge in [-0.1, -0.05) is 42.5 Å². The molecule has 2 aliphatic rings. The van der Waals surface area contributed by atoms with Crippen LogP contribution < -0.4 is 5.32 Å². The number of carbonyl (C=O) groups excluding carboxylic acids is 2. The van der Waals surface area contributed by atoms with Gasteiger partial charge in [0.25, 0.3) is 0 Å². The summed E-state index contributed by atoms with van der Waals surface area (Å²) in [6.07, 6.45) is 2.54. The van der Waals surface area contributed by atoms with Gasteiger partial charge in [-0.05, 0) is 55.9 Å². The molecule has 2 aromatic rings. The van der Waals surface area contributed by atoms with E-state index in [0.717, 1.165) is 24.0 Å². The number of piperidine rings is 1. The minimum Gasteiger partial charge on any atom is -0.349 e. The van der Waals surface area contributed by atoms with E-state index >= 15 is 0 Å². The second-order valence-electron chi connectivity index (χ2n) is 8.80. The first-order chi connectivity index (χ1) is 14.4. The summed E-state index contributed by atoms with van der Waals surface area (Å²) in [6, 6.07) is 14.9. The molecule has 2 amide bonds. The third kappa shape index (κ3) is 4.55. The van der Waals surface area contributed by atoms with Crippen molar-refractivity contribution in [1.82, 2.24) is 10.2 Å². The van der Waals surface area contributed by atoms with Gasteiger partial charge in [0.05, 0.1) is 12.0 Å². The van der Waals surface area contributed by atoms with Crippen molar-refractivity contribution >= 4 is 11.8 Å². The number of halogens is 1. The van der Waals surface area contributed by atoms with Crippen LogP contribution in [0.3, 0.4) is 0 Å². The van der Waals surface area contributed by atoms with E-state index in [0.29, 0.717) is 25.1 Å². The molecule has 4 nitrogen and oxygen atoms in total. The lowest BCUT2D eigenvalue weighted by Crippen LogP contribution is -2.48. The fourth-order valence-electron chi connectivity index (χ4n) is 4.38. The van der Waals surface area contributed by atoms with E-state index in [1.165, 1.54) is 6.07 Å². The molecular formula is C25H29FN2O2. The van der Waals surface area contributed by atoms with Crippen LogP contribution >= 0.6 is 0 Å². The van der Waals surface area contributed by atoms with E-state index in [9.17, 15) is 14.0 Å². The average Bonchev–Trinajstić information content (AvgIpc) is 3.61. The van der Waals surface area contributed by atoms with Gasteiger partial charge in [-0.15, -0.1) is 0 Å². The largest absolute Gasteiger partial charge is 0.349 e. The Balaban J connectivity index is 1.52. The summed E-state index contributed by atoms with van der Waals surface area (Å²) >= 11 is 0. The fraction of sp³-hybridized carbons (Fsp3) is 0.440. The monoisotopic (exact) mass is 408 g/mol. The maximum atomic E-state index is 13.8. The van der Waals surface area contributed by atoms with E-state index < -0.39 is 0 Å². The van der Waals surface area contributed by atoms with Crippen molar-refractivity contribution in [3.05, 3.63) is 71.0 Å². The molecule has 30 heavy (non-hydrogen) atoms. The predicted octanol–water partition coefficient (Wildman–Crippen LogP) is 4.35. The summed E-state index contributed by atoms with van der Waals surface area (Å²) < 4.78 is 13.8. The Hall–Kier alpha value is -2.69. The average molecular weight is 409 g/mol. The number of aryl methyl sites for hydroxylation is 1. The number of amides is 2. The van der Waals surface area contributed by atoms with E-state index in [4.69, 9.17) is 0 Å². The van der Waals surface area contributed by atoms with Gasteiger partial charge in [0.1, 0.15) is 5.82 Å². The van der Waals surface area contributed by atoms with Gasteiger partial charge in [0.15, 0.2) is 0 Å². The van der Waals surface area contributed by atoms with Crippen LogP contribution in [0, 0.1) is 24.6 Å². The number of nitrogens with zero attached hydrogens (tertiary/aromatic N) is 1. The Morgan fingerprint density at radius 2 is 1.80 bits per heavy atom. The normalized spacial score (nSPS) is 22.4. The van der Waals surface area contributed by atoms with E-state index in [-0.39, 0.29) is 41.4 Å². The van der Waals surface area contributed by atoms with E-state index in [2.05, 4.69) is 5.32 Å². The first kappa shape index (κ1) is 20.6. The van der Waals surface area contributed by atoms with Crippen molar-refractivity contribution in [2.75, 3.05) is 13.1 Å². The van der Waals surface area contributed by atoms with Crippen LogP contribution in [0.2, 0.25) is 0 Å². The van der Waals surface area contributed by atoms with Gasteiger partial charge in [0.2, 0.25) is 11.8 Å². The smallest absolute Gasteiger partial charge is 0.225 e. The van der Waals surface area contributed by atoms with Crippen molar-refractivity contribution in [1.29, 1.82) is 0 Å². The van der Waals surface area contributed by atoms with Gasteiger partial charge in [-0.2, -0.15) is 0 Å². The molecule has 1 aliphatic carbocycles. The van der Waals surface area contributed by atoms with E-state index in [1.807, 2.05) is 48.2 Å². The van der Waals surface area contributed by atoms with Crippen molar-refractivity contribution in [3.63, 3.8) is 0 Å². The highest BCUT2D eigenvalue weighted by Crippen LogP contribution is 2.36. The SMILES string of the molecule is Cc1cc([C@@H]2C[C@@H](C(=O)N[C@H](C)c3ccccc3)CN(C(=O)C3CC3)C2)ccc1F. The summed E-state index contributed by atoms with van der Waals surface area (Å²) in [5.74, 6) is -0.223. The highest BCUT2D eigenvalue weighted by atomic mass is 19.1. The molecule has 0 unspecified atom stereocenters. The summed E-state index contributed by atoms with van der Waals surface area (Å²) in [5.41, 5.74) is 2.64. The zero-order valence-corrected chi connectivity index (χ0v) is 17.6. The highest BCUT2D eigenvalue weighted by Gasteiger charge is 2.40. The Labute approximate surface area is 177 Å². The van der Waals surface area contributed by atoms with Crippen molar-refractivity contribution in [3.8, 4) is 0 Å². The van der Waals surface area contributed by atoms with Crippen LogP contribution in [0.25, 0.3) is 0 Å². The number of hydrogen-bond acceptors (Lipinski definition) is 2. The predicted molar refractivity (Wildman–Crippen MR) is 114 cm³/mol. The Bertz CT molecular complexity index is 926. The van der Waals surface area contributed by atoms with Crippen LogP contribution in [0.1, 0.15) is 54.8 Å². The lowest BCUT2D eigenvalue weighted by atomic mass is 9.83. The zero-order valence-electron chi connectivity index (χ0n) is 17.6. The van der Waals surface area contributed by atoms with Crippen molar-refractivity contribution < 1.29 is 14.0 Å². The van der Waals surface area contributed by atoms with Crippen LogP contribution in [0.5, 0.6) is 0 Å². The summed E-state index contributed by atoms with van der Waals surface area (Å²) in [6.45, 7) is 4.78. The van der Waals surface area contributed by atoms with Crippen molar-refractivity contribution in [2.24, 2.45) is 11.8 Å². The second-order valence-corrected chi connectivity index (χ2v) is 8.80. The molecule has 0 bridgehead atoms. The minimum atomic E-state index is -0.275. The molecule has 3 atom stereocenters. The summed E-state index contributed by atoms with van der Waals surface area (Å²) in [5, 5.41) is 3.13. The Morgan fingerprint density at radius 1 is 1.07 bits per heavy atom. The van der Waals surface area contributed by atoms with Crippen LogP contribution in [0.15, 0.2) is 48.5 Å². The number of carbonyl (C=O) groups is 2. The molecule has 0 aromatic heterocycles. The standard InChI is InChI=1S/C25H29FN2O2/c1-16-12-20(10-11-23(16)26)21-13-22(15-28(14-21)25(30)19-8-9-19)24(29)27-17(2)18-6-4-3-5-7-18/h3-7,10-12,17,19,21-22H,8-9,13-15H2,1-2H3,(H,27,29)/t17-,21-,22-/m1/s1. The summed E-state index contributed by atoms with van der Waals surface area (Å²) in [7, 11) is 0. The molecule has 1 saturated heterocycles. The molecule has 0 spiro atoms. The molecule has 1 N–H and O–H groups in total. The molecule has 2 aromatic carbocycles. The quantitative estimate of drug-likeness (QED) is 0.799. The molecular weight excluding hydrogens is 379 g/mol. The van der Waals surface area contributed by atoms with Crippen LogP contribution in [-0.2, 0) is 9.59 Å². The van der Waals surface area contributed by atoms with Gasteiger partial charge in [0, 0.05) is 24.9 Å².